The molecule has 0 radical (unpaired) electrons. The van der Waals surface area contributed by atoms with Crippen molar-refractivity contribution in [1.29, 1.82) is 0 Å². The topological polar surface area (TPSA) is 101 Å². The maximum absolute atomic E-state index is 11.9. The normalized spacial score (nSPS) is 13.0. The number of pyridine rings is 2. The number of aromatic nitrogens is 2. The molecule has 1 fully saturated rings. The minimum Gasteiger partial charge on any atom is -0.326 e. The molecule has 8 heteroatoms. The molecule has 0 bridgehead atoms. The van der Waals surface area contributed by atoms with E-state index in [1.165, 1.54) is 18.3 Å². The van der Waals surface area contributed by atoms with Crippen LogP contribution in [0.1, 0.15) is 15.7 Å². The molecule has 5 rings (SSSR count). The number of nitrogens with zero attached hydrogens (tertiary/aromatic N) is 2. The van der Waals surface area contributed by atoms with Gasteiger partial charge in [0.15, 0.2) is 0 Å². The summed E-state index contributed by atoms with van der Waals surface area (Å²) < 4.78 is 26.1. The molecule has 1 aliphatic rings. The zero-order chi connectivity index (χ0) is 22.4. The highest BCUT2D eigenvalue weighted by Crippen LogP contribution is 2.30. The first kappa shape index (κ1) is 21.5. The van der Waals surface area contributed by atoms with E-state index in [-0.39, 0.29) is 19.6 Å². The zero-order valence-electron chi connectivity index (χ0n) is 17.2. The van der Waals surface area contributed by atoms with Crippen LogP contribution in [0.25, 0.3) is 10.8 Å². The van der Waals surface area contributed by atoms with Crippen molar-refractivity contribution in [2.24, 2.45) is 5.92 Å². The fourth-order valence-corrected chi connectivity index (χ4v) is 4.00. The smallest absolute Gasteiger partial charge is 0.263 e. The Morgan fingerprint density at radius 3 is 2.41 bits per heavy atom. The second kappa shape index (κ2) is 9.57. The Morgan fingerprint density at radius 2 is 1.69 bits per heavy atom. The molecule has 0 saturated heterocycles. The van der Waals surface area contributed by atoms with Crippen LogP contribution in [-0.2, 0) is 14.8 Å². The van der Waals surface area contributed by atoms with Gasteiger partial charge in [-0.1, -0.05) is 30.3 Å². The van der Waals surface area contributed by atoms with E-state index < -0.39 is 10.0 Å². The van der Waals surface area contributed by atoms with Crippen LogP contribution < -0.4 is 10.0 Å². The van der Waals surface area contributed by atoms with Crippen LogP contribution in [0.5, 0.6) is 0 Å². The Balaban J connectivity index is 0.000000227. The van der Waals surface area contributed by atoms with Crippen molar-refractivity contribution < 1.29 is 16.1 Å². The lowest BCUT2D eigenvalue weighted by molar-refractivity contribution is -0.117. The maximum atomic E-state index is 11.9. The average Bonchev–Trinajstić information content (AvgIpc) is 3.66. The molecule has 2 aromatic carbocycles. The Kier molecular flexibility index (Phi) is 6.42. The van der Waals surface area contributed by atoms with E-state index in [1.807, 2.05) is 30.5 Å². The highest BCUT2D eigenvalue weighted by atomic mass is 32.2. The molecule has 1 amide bonds. The summed E-state index contributed by atoms with van der Waals surface area (Å²) in [5.41, 5.74) is 0.871. The van der Waals surface area contributed by atoms with E-state index in [4.69, 9.17) is 0 Å². The number of amides is 1. The Hall–Kier alpha value is -3.78. The number of rotatable bonds is 5. The van der Waals surface area contributed by atoms with E-state index in [1.54, 1.807) is 42.6 Å². The molecule has 32 heavy (non-hydrogen) atoms. The van der Waals surface area contributed by atoms with Crippen molar-refractivity contribution in [3.8, 4) is 0 Å². The van der Waals surface area contributed by atoms with Gasteiger partial charge in [-0.05, 0) is 60.7 Å². The van der Waals surface area contributed by atoms with Crippen LogP contribution in [-0.4, -0.2) is 24.3 Å². The fraction of sp³-hybridized carbons (Fsp3) is 0.125. The summed E-state index contributed by atoms with van der Waals surface area (Å²) in [6.07, 6.45) is 7.17. The minimum atomic E-state index is -3.53. The third-order valence-corrected chi connectivity index (χ3v) is 6.18. The fourth-order valence-electron chi connectivity index (χ4n) is 2.97. The lowest BCUT2D eigenvalue weighted by Gasteiger charge is -2.06. The number of hydrogen-bond donors (Lipinski definition) is 2. The van der Waals surface area contributed by atoms with Gasteiger partial charge in [0.1, 0.15) is 5.82 Å². The highest BCUT2D eigenvalue weighted by molar-refractivity contribution is 7.92. The number of carbonyl (C=O) groups excluding carboxylic acids is 1. The van der Waals surface area contributed by atoms with E-state index in [0.717, 1.165) is 29.3 Å². The zero-order valence-corrected chi connectivity index (χ0v) is 18.0. The van der Waals surface area contributed by atoms with Crippen LogP contribution in [0.2, 0.25) is 0 Å². The first-order valence-corrected chi connectivity index (χ1v) is 11.6. The van der Waals surface area contributed by atoms with Gasteiger partial charge in [0.25, 0.3) is 10.0 Å². The summed E-state index contributed by atoms with van der Waals surface area (Å²) in [6, 6.07) is 21.0. The van der Waals surface area contributed by atoms with E-state index in [9.17, 15) is 13.2 Å². The number of benzene rings is 2. The number of fused-ring (bicyclic) bond motifs is 1. The summed E-state index contributed by atoms with van der Waals surface area (Å²) in [7, 11) is -3.53. The number of sulfonamides is 1. The largest absolute Gasteiger partial charge is 0.326 e. The highest BCUT2D eigenvalue weighted by Gasteiger charge is 2.29. The lowest BCUT2D eigenvalue weighted by atomic mass is 10.1. The van der Waals surface area contributed by atoms with Crippen molar-refractivity contribution in [2.45, 2.75) is 17.7 Å². The standard InChI is InChI=1S/C13H12N2O.C11H10N2O2S.2H2/c16-13(9-1-2-9)15-12-4-3-11-8-14-6-5-10(11)7-12;14-16(15,10-6-2-1-3-7-10)13-11-8-4-5-9-12-11;;/h3-9H,1-2H2,(H,15,16);1-9H,(H,12,13);2*1H. The third kappa shape index (κ3) is 5.67. The van der Waals surface area contributed by atoms with Gasteiger partial charge in [-0.25, -0.2) is 13.4 Å². The van der Waals surface area contributed by atoms with Crippen molar-refractivity contribution in [1.82, 2.24) is 9.97 Å². The minimum absolute atomic E-state index is 0. The molecule has 0 aliphatic heterocycles. The van der Waals surface area contributed by atoms with Crippen molar-refractivity contribution in [3.05, 3.63) is 91.4 Å². The van der Waals surface area contributed by atoms with Gasteiger partial charge in [-0.2, -0.15) is 0 Å². The van der Waals surface area contributed by atoms with E-state index in [2.05, 4.69) is 20.0 Å². The predicted octanol–water partition coefficient (Wildman–Crippen LogP) is 4.96. The van der Waals surface area contributed by atoms with E-state index >= 15 is 0 Å². The first-order valence-electron chi connectivity index (χ1n) is 10.1. The molecular formula is C24H26N4O3S. The molecule has 2 N–H and O–H groups in total. The summed E-state index contributed by atoms with van der Waals surface area (Å²) in [5.74, 6) is 0.702. The van der Waals surface area contributed by atoms with Crippen LogP contribution in [0.3, 0.4) is 0 Å². The van der Waals surface area contributed by atoms with Gasteiger partial charge in [0.05, 0.1) is 4.90 Å². The molecule has 4 aromatic rings. The van der Waals surface area contributed by atoms with Gasteiger partial charge < -0.3 is 5.32 Å². The van der Waals surface area contributed by atoms with E-state index in [0.29, 0.717) is 5.82 Å². The van der Waals surface area contributed by atoms with Crippen molar-refractivity contribution in [2.75, 3.05) is 10.0 Å². The molecular weight excluding hydrogens is 424 g/mol. The van der Waals surface area contributed by atoms with Crippen LogP contribution in [0.4, 0.5) is 11.5 Å². The molecule has 1 aliphatic carbocycles. The van der Waals surface area contributed by atoms with Gasteiger partial charge in [-0.3, -0.25) is 14.5 Å². The molecule has 0 spiro atoms. The lowest BCUT2D eigenvalue weighted by Crippen LogP contribution is -2.13. The van der Waals surface area contributed by atoms with Gasteiger partial charge >= 0.3 is 0 Å². The van der Waals surface area contributed by atoms with Crippen LogP contribution >= 0.6 is 0 Å². The number of carbonyl (C=O) groups is 1. The Morgan fingerprint density at radius 1 is 0.906 bits per heavy atom. The molecule has 2 heterocycles. The molecule has 7 nitrogen and oxygen atoms in total. The Labute approximate surface area is 189 Å². The summed E-state index contributed by atoms with van der Waals surface area (Å²) in [4.78, 5) is 19.8. The number of hydrogen-bond acceptors (Lipinski definition) is 5. The summed E-state index contributed by atoms with van der Waals surface area (Å²) in [5, 5.41) is 5.13. The summed E-state index contributed by atoms with van der Waals surface area (Å²) in [6.45, 7) is 0. The van der Waals surface area contributed by atoms with Crippen molar-refractivity contribution in [3.63, 3.8) is 0 Å². The SMILES string of the molecule is O=C(Nc1ccc2cnccc2c1)C1CC1.O=S(=O)(Nc1ccccn1)c1ccccc1.[HH].[HH]. The van der Waals surface area contributed by atoms with Gasteiger partial charge in [0, 0.05) is 38.4 Å². The molecule has 0 atom stereocenters. The van der Waals surface area contributed by atoms with Crippen LogP contribution in [0, 0.1) is 5.92 Å². The van der Waals surface area contributed by atoms with Crippen molar-refractivity contribution >= 4 is 38.2 Å². The first-order chi connectivity index (χ1) is 15.5. The molecule has 1 saturated carbocycles. The Bertz CT molecular complexity index is 1320. The summed E-state index contributed by atoms with van der Waals surface area (Å²) >= 11 is 0. The maximum Gasteiger partial charge on any atom is 0.263 e. The quantitative estimate of drug-likeness (QED) is 0.448. The van der Waals surface area contributed by atoms with Gasteiger partial charge in [0.2, 0.25) is 5.91 Å². The van der Waals surface area contributed by atoms with Gasteiger partial charge in [-0.15, -0.1) is 0 Å². The monoisotopic (exact) mass is 450 g/mol. The molecule has 2 aromatic heterocycles. The molecule has 166 valence electrons. The predicted molar refractivity (Wildman–Crippen MR) is 129 cm³/mol. The molecule has 0 unspecified atom stereocenters. The van der Waals surface area contributed by atoms with Crippen LogP contribution in [0.15, 0.2) is 96.3 Å². The average molecular weight is 451 g/mol. The second-order valence-electron chi connectivity index (χ2n) is 7.33. The number of anilines is 2. The third-order valence-electron chi connectivity index (χ3n) is 4.81. The number of nitrogens with one attached hydrogen (secondary N) is 2. The second-order valence-corrected chi connectivity index (χ2v) is 9.02.